The Labute approximate surface area is 180 Å². The monoisotopic (exact) mass is 429 g/mol. The van der Waals surface area contributed by atoms with Crippen LogP contribution >= 0.6 is 0 Å². The molecule has 0 bridgehead atoms. The Balaban J connectivity index is 1.29. The predicted octanol–water partition coefficient (Wildman–Crippen LogP) is 1.63. The van der Waals surface area contributed by atoms with Gasteiger partial charge in [-0.25, -0.2) is 4.79 Å². The number of carbonyl (C=O) groups is 4. The summed E-state index contributed by atoms with van der Waals surface area (Å²) in [6.45, 7) is 4.52. The largest absolute Gasteiger partial charge is 0.446 e. The second kappa shape index (κ2) is 8.66. The zero-order valence-corrected chi connectivity index (χ0v) is 17.7. The number of fused-ring (bicyclic) bond motifs is 1. The van der Waals surface area contributed by atoms with Gasteiger partial charge in [0.1, 0.15) is 12.1 Å². The van der Waals surface area contributed by atoms with E-state index in [1.54, 1.807) is 6.07 Å². The fraction of sp³-hybridized carbons (Fsp3) is 0.545. The number of carbonyl (C=O) groups excluding carboxylic acids is 4. The molecule has 1 saturated heterocycles. The first-order chi connectivity index (χ1) is 14.8. The lowest BCUT2D eigenvalue weighted by Gasteiger charge is -2.35. The summed E-state index contributed by atoms with van der Waals surface area (Å²) in [6, 6.07) is 4.78. The Morgan fingerprint density at radius 1 is 1.23 bits per heavy atom. The summed E-state index contributed by atoms with van der Waals surface area (Å²) < 4.78 is 11.0. The van der Waals surface area contributed by atoms with Crippen LogP contribution < -0.4 is 10.6 Å². The first-order valence-corrected chi connectivity index (χ1v) is 10.7. The topological polar surface area (TPSA) is 114 Å². The number of hydrogen-bond acceptors (Lipinski definition) is 6. The Morgan fingerprint density at radius 2 is 2.00 bits per heavy atom. The molecular weight excluding hydrogens is 402 g/mol. The van der Waals surface area contributed by atoms with Crippen molar-refractivity contribution in [3.05, 3.63) is 34.9 Å². The normalized spacial score (nSPS) is 25.2. The summed E-state index contributed by atoms with van der Waals surface area (Å²) in [5.41, 5.74) is 2.11. The highest BCUT2D eigenvalue weighted by molar-refractivity contribution is 6.05. The molecule has 1 aliphatic carbocycles. The molecule has 2 N–H and O–H groups in total. The van der Waals surface area contributed by atoms with Crippen molar-refractivity contribution < 1.29 is 28.7 Å². The first kappa shape index (κ1) is 21.3. The SMILES string of the molecule is CC(C)OC1CC(OC(=O)NCc2ccc3c(c2)C(=O)N([C@H]2CCC(=O)NC2=O)C3)C1. The maximum Gasteiger partial charge on any atom is 0.407 e. The minimum absolute atomic E-state index is 0.132. The van der Waals surface area contributed by atoms with E-state index in [-0.39, 0.29) is 43.1 Å². The number of amides is 4. The summed E-state index contributed by atoms with van der Waals surface area (Å²) in [7, 11) is 0. The minimum atomic E-state index is -0.639. The van der Waals surface area contributed by atoms with E-state index < -0.39 is 18.0 Å². The first-order valence-electron chi connectivity index (χ1n) is 10.7. The molecule has 2 heterocycles. The van der Waals surface area contributed by atoms with Crippen molar-refractivity contribution in [1.29, 1.82) is 0 Å². The Bertz CT molecular complexity index is 909. The van der Waals surface area contributed by atoms with Crippen LogP contribution in [0.3, 0.4) is 0 Å². The van der Waals surface area contributed by atoms with Crippen LogP contribution in [0.4, 0.5) is 4.79 Å². The summed E-state index contributed by atoms with van der Waals surface area (Å²) in [5, 5.41) is 5.01. The third-order valence-electron chi connectivity index (χ3n) is 5.82. The lowest BCUT2D eigenvalue weighted by Crippen LogP contribution is -2.52. The highest BCUT2D eigenvalue weighted by Gasteiger charge is 2.39. The standard InChI is InChI=1S/C22H27N3O6/c1-12(2)30-15-8-16(9-15)31-22(29)23-10-13-3-4-14-11-25(21(28)17(14)7-13)18-5-6-19(26)24-20(18)27/h3-4,7,12,15-16,18H,5-6,8-11H2,1-2H3,(H,23,29)(H,24,26,27)/t15?,16?,18-/m0/s1. The minimum Gasteiger partial charge on any atom is -0.446 e. The highest BCUT2D eigenvalue weighted by Crippen LogP contribution is 2.29. The molecule has 4 amide bonds. The van der Waals surface area contributed by atoms with Gasteiger partial charge in [-0.05, 0) is 37.5 Å². The third kappa shape index (κ3) is 4.71. The maximum atomic E-state index is 12.8. The van der Waals surface area contributed by atoms with E-state index in [0.29, 0.717) is 31.4 Å². The number of rotatable bonds is 6. The average molecular weight is 429 g/mol. The van der Waals surface area contributed by atoms with Crippen molar-refractivity contribution in [1.82, 2.24) is 15.5 Å². The Hall–Kier alpha value is -2.94. The van der Waals surface area contributed by atoms with E-state index in [2.05, 4.69) is 10.6 Å². The van der Waals surface area contributed by atoms with Gasteiger partial charge < -0.3 is 19.7 Å². The molecule has 1 aromatic carbocycles. The third-order valence-corrected chi connectivity index (χ3v) is 5.82. The molecular formula is C22H27N3O6. The van der Waals surface area contributed by atoms with Crippen molar-refractivity contribution in [3.63, 3.8) is 0 Å². The Kier molecular flexibility index (Phi) is 5.95. The molecule has 1 atom stereocenters. The van der Waals surface area contributed by atoms with Gasteiger partial charge in [-0.15, -0.1) is 0 Å². The van der Waals surface area contributed by atoms with Crippen LogP contribution in [0.15, 0.2) is 18.2 Å². The van der Waals surface area contributed by atoms with E-state index >= 15 is 0 Å². The zero-order chi connectivity index (χ0) is 22.1. The molecule has 9 nitrogen and oxygen atoms in total. The molecule has 0 radical (unpaired) electrons. The lowest BCUT2D eigenvalue weighted by molar-refractivity contribution is -0.136. The Morgan fingerprint density at radius 3 is 2.71 bits per heavy atom. The van der Waals surface area contributed by atoms with E-state index in [1.807, 2.05) is 26.0 Å². The molecule has 9 heteroatoms. The molecule has 166 valence electrons. The molecule has 0 aromatic heterocycles. The van der Waals surface area contributed by atoms with Gasteiger partial charge in [0.05, 0.1) is 12.2 Å². The molecule has 31 heavy (non-hydrogen) atoms. The van der Waals surface area contributed by atoms with Gasteiger partial charge >= 0.3 is 6.09 Å². The summed E-state index contributed by atoms with van der Waals surface area (Å²) in [4.78, 5) is 49.9. The summed E-state index contributed by atoms with van der Waals surface area (Å²) >= 11 is 0. The number of ether oxygens (including phenoxy) is 2. The van der Waals surface area contributed by atoms with E-state index in [4.69, 9.17) is 9.47 Å². The molecule has 1 saturated carbocycles. The van der Waals surface area contributed by atoms with Gasteiger partial charge in [-0.1, -0.05) is 12.1 Å². The van der Waals surface area contributed by atoms with Crippen LogP contribution in [0.2, 0.25) is 0 Å². The van der Waals surface area contributed by atoms with Gasteiger partial charge in [0.25, 0.3) is 5.91 Å². The summed E-state index contributed by atoms with van der Waals surface area (Å²) in [5.74, 6) is -0.978. The van der Waals surface area contributed by atoms with Crippen molar-refractivity contribution in [2.75, 3.05) is 0 Å². The van der Waals surface area contributed by atoms with Gasteiger partial charge in [-0.2, -0.15) is 0 Å². The second-order valence-electron chi connectivity index (χ2n) is 8.55. The lowest BCUT2D eigenvalue weighted by atomic mass is 9.92. The number of nitrogens with one attached hydrogen (secondary N) is 2. The number of piperidine rings is 1. The fourth-order valence-electron chi connectivity index (χ4n) is 4.19. The van der Waals surface area contributed by atoms with Crippen LogP contribution in [-0.2, 0) is 32.2 Å². The average Bonchev–Trinajstić information content (AvgIpc) is 3.00. The number of hydrogen-bond donors (Lipinski definition) is 2. The highest BCUT2D eigenvalue weighted by atomic mass is 16.6. The number of imide groups is 1. The van der Waals surface area contributed by atoms with E-state index in [1.165, 1.54) is 4.90 Å². The predicted molar refractivity (Wildman–Crippen MR) is 109 cm³/mol. The smallest absolute Gasteiger partial charge is 0.407 e. The van der Waals surface area contributed by atoms with Crippen molar-refractivity contribution in [2.24, 2.45) is 0 Å². The van der Waals surface area contributed by atoms with Crippen LogP contribution in [0.25, 0.3) is 0 Å². The number of nitrogens with zero attached hydrogens (tertiary/aromatic N) is 1. The fourth-order valence-corrected chi connectivity index (χ4v) is 4.19. The second-order valence-corrected chi connectivity index (χ2v) is 8.55. The van der Waals surface area contributed by atoms with Crippen molar-refractivity contribution in [3.8, 4) is 0 Å². The van der Waals surface area contributed by atoms with E-state index in [9.17, 15) is 19.2 Å². The molecule has 2 fully saturated rings. The molecule has 0 unspecified atom stereocenters. The molecule has 1 aromatic rings. The number of alkyl carbamates (subject to hydrolysis) is 1. The van der Waals surface area contributed by atoms with Crippen LogP contribution in [0, 0.1) is 0 Å². The van der Waals surface area contributed by atoms with Crippen LogP contribution in [0.1, 0.15) is 61.0 Å². The van der Waals surface area contributed by atoms with Gasteiger partial charge in [0, 0.05) is 37.9 Å². The van der Waals surface area contributed by atoms with Crippen LogP contribution in [0.5, 0.6) is 0 Å². The molecule has 2 aliphatic heterocycles. The van der Waals surface area contributed by atoms with Crippen LogP contribution in [-0.4, -0.2) is 53.1 Å². The number of benzene rings is 1. The quantitative estimate of drug-likeness (QED) is 0.665. The van der Waals surface area contributed by atoms with Gasteiger partial charge in [0.2, 0.25) is 11.8 Å². The van der Waals surface area contributed by atoms with Crippen molar-refractivity contribution >= 4 is 23.8 Å². The summed E-state index contributed by atoms with van der Waals surface area (Å²) in [6.07, 6.45) is 1.64. The van der Waals surface area contributed by atoms with E-state index in [0.717, 1.165) is 11.1 Å². The molecule has 3 aliphatic rings. The molecule has 4 rings (SSSR count). The maximum absolute atomic E-state index is 12.8. The van der Waals surface area contributed by atoms with Gasteiger partial charge in [-0.3, -0.25) is 19.7 Å². The van der Waals surface area contributed by atoms with Gasteiger partial charge in [0.15, 0.2) is 0 Å². The van der Waals surface area contributed by atoms with Crippen molar-refractivity contribution in [2.45, 2.75) is 77.0 Å². The molecule has 0 spiro atoms. The zero-order valence-electron chi connectivity index (χ0n) is 17.7.